The molecule has 3 aliphatic carbocycles. The first-order chi connectivity index (χ1) is 28.5. The minimum atomic E-state index is 0.00762. The number of hydrogen-bond donors (Lipinski definition) is 0. The van der Waals surface area contributed by atoms with Gasteiger partial charge < -0.3 is 19.3 Å². The van der Waals surface area contributed by atoms with Crippen LogP contribution >= 0.6 is 0 Å². The lowest BCUT2D eigenvalue weighted by Crippen LogP contribution is -2.36. The van der Waals surface area contributed by atoms with Crippen LogP contribution in [0.2, 0.25) is 0 Å². The first-order valence-corrected chi connectivity index (χ1v) is 22.1. The van der Waals surface area contributed by atoms with Crippen molar-refractivity contribution in [2.24, 2.45) is 0 Å². The summed E-state index contributed by atoms with van der Waals surface area (Å²) in [5, 5.41) is 0. The number of hydrogen-bond acceptors (Lipinski definition) is 4. The smallest absolute Gasteiger partial charge is 0.210 e. The molecule has 0 saturated heterocycles. The number of benzene rings is 4. The number of allylic oxidation sites excluding steroid dienone is 7. The van der Waals surface area contributed by atoms with Crippen LogP contribution in [0.3, 0.4) is 0 Å². The summed E-state index contributed by atoms with van der Waals surface area (Å²) in [5.74, 6) is 1.91. The Labute approximate surface area is 346 Å². The molecule has 5 aliphatic rings. The fraction of sp³-hybridized carbons (Fsp3) is 0.377. The second-order valence-corrected chi connectivity index (χ2v) is 16.9. The molecule has 298 valence electrons. The molecule has 0 radical (unpaired) electrons. The lowest BCUT2D eigenvalue weighted by molar-refractivity contribution is -0.433. The lowest BCUT2D eigenvalue weighted by atomic mass is 9.67. The molecule has 0 unspecified atom stereocenters. The Morgan fingerprint density at radius 2 is 1.26 bits per heavy atom. The van der Waals surface area contributed by atoms with Gasteiger partial charge in [-0.05, 0) is 130 Å². The summed E-state index contributed by atoms with van der Waals surface area (Å²) in [6, 6.07) is 35.5. The molecule has 0 N–H and O–H groups in total. The van der Waals surface area contributed by atoms with E-state index in [-0.39, 0.29) is 10.8 Å². The Balaban J connectivity index is 1.22. The third kappa shape index (κ3) is 6.42. The van der Waals surface area contributed by atoms with Gasteiger partial charge in [-0.15, -0.1) is 0 Å². The second-order valence-electron chi connectivity index (χ2n) is 16.9. The predicted molar refractivity (Wildman–Crippen MR) is 241 cm³/mol. The summed E-state index contributed by atoms with van der Waals surface area (Å²) in [4.78, 5) is 5.11. The highest BCUT2D eigenvalue weighted by atomic mass is 16.5. The average Bonchev–Trinajstić information content (AvgIpc) is 3.88. The standard InChI is InChI=1S/C53H60N3O2/c1-5-54-47-29-27-43(57-3)37-45(47)52(33-15-9-16-34-52)49(54)31-25-39-23-24-40(51(39)56(41-19-11-7-12-20-41)42-21-13-8-14-22-42)26-32-50-53(35-17-10-18-36-53)46-38-44(58-4)28-30-48(46)55(50)6-2/h7-8,11-14,19-22,25-32,37-38H,5-6,9-10,15-18,23-24,33-36H2,1-4H3/q+1. The van der Waals surface area contributed by atoms with Gasteiger partial charge >= 0.3 is 0 Å². The van der Waals surface area contributed by atoms with Crippen molar-refractivity contribution >= 4 is 28.5 Å². The summed E-state index contributed by atoms with van der Waals surface area (Å²) in [6.45, 7) is 6.49. The molecule has 2 fully saturated rings. The molecule has 4 aromatic rings. The average molecular weight is 771 g/mol. The van der Waals surface area contributed by atoms with E-state index in [1.54, 1.807) is 14.2 Å². The maximum absolute atomic E-state index is 5.82. The maximum Gasteiger partial charge on any atom is 0.210 e. The molecule has 5 nitrogen and oxygen atoms in total. The van der Waals surface area contributed by atoms with E-state index in [0.29, 0.717) is 0 Å². The zero-order valence-corrected chi connectivity index (χ0v) is 35.1. The maximum atomic E-state index is 5.82. The van der Waals surface area contributed by atoms with E-state index in [0.717, 1.165) is 37.4 Å². The number of methoxy groups -OCH3 is 2. The summed E-state index contributed by atoms with van der Waals surface area (Å²) >= 11 is 0. The first kappa shape index (κ1) is 38.2. The van der Waals surface area contributed by atoms with Crippen LogP contribution in [-0.2, 0) is 10.8 Å². The molecule has 2 saturated carbocycles. The van der Waals surface area contributed by atoms with E-state index in [1.807, 2.05) is 0 Å². The van der Waals surface area contributed by atoms with E-state index in [1.165, 1.54) is 126 Å². The van der Waals surface area contributed by atoms with Gasteiger partial charge in [0.1, 0.15) is 18.0 Å². The SMILES string of the molecule is CCN1C(=CC=C2CCC(C=CC3=[N+](CC)c4ccc(OC)cc4C34CCCCC4)=C2N(c2ccccc2)c2ccccc2)C2(CCCCC2)c2cc(OC)ccc21. The van der Waals surface area contributed by atoms with Crippen molar-refractivity contribution in [3.63, 3.8) is 0 Å². The van der Waals surface area contributed by atoms with Gasteiger partial charge in [0.2, 0.25) is 5.69 Å². The molecule has 0 atom stereocenters. The fourth-order valence-corrected chi connectivity index (χ4v) is 11.4. The van der Waals surface area contributed by atoms with Gasteiger partial charge in [0.15, 0.2) is 5.71 Å². The molecule has 0 amide bonds. The third-order valence-corrected chi connectivity index (χ3v) is 14.0. The van der Waals surface area contributed by atoms with Gasteiger partial charge in [-0.1, -0.05) is 87.1 Å². The van der Waals surface area contributed by atoms with Crippen LogP contribution in [-0.4, -0.2) is 37.6 Å². The Bertz CT molecular complexity index is 2260. The van der Waals surface area contributed by atoms with Gasteiger partial charge in [0.25, 0.3) is 0 Å². The van der Waals surface area contributed by atoms with Crippen LogP contribution < -0.4 is 19.3 Å². The van der Waals surface area contributed by atoms with Crippen LogP contribution in [0, 0.1) is 0 Å². The number of likely N-dealkylation sites (N-methyl/N-ethyl adjacent to an activating group) is 1. The molecule has 2 heterocycles. The highest BCUT2D eigenvalue weighted by Crippen LogP contribution is 2.56. The Morgan fingerprint density at radius 3 is 1.86 bits per heavy atom. The van der Waals surface area contributed by atoms with E-state index in [2.05, 4.69) is 150 Å². The normalized spacial score (nSPS) is 20.9. The van der Waals surface area contributed by atoms with Crippen molar-refractivity contribution in [2.75, 3.05) is 37.1 Å². The van der Waals surface area contributed by atoms with Crippen LogP contribution in [0.5, 0.6) is 11.5 Å². The molecule has 4 aromatic carbocycles. The van der Waals surface area contributed by atoms with E-state index < -0.39 is 0 Å². The first-order valence-electron chi connectivity index (χ1n) is 22.1. The summed E-state index contributed by atoms with van der Waals surface area (Å²) < 4.78 is 14.2. The molecule has 9 rings (SSSR count). The van der Waals surface area contributed by atoms with Crippen LogP contribution in [0.4, 0.5) is 22.7 Å². The molecule has 2 spiro atoms. The Morgan fingerprint density at radius 1 is 0.655 bits per heavy atom. The van der Waals surface area contributed by atoms with Crippen LogP contribution in [0.15, 0.2) is 144 Å². The molecule has 58 heavy (non-hydrogen) atoms. The summed E-state index contributed by atoms with van der Waals surface area (Å²) in [6.07, 6.45) is 24.4. The molecule has 0 aromatic heterocycles. The van der Waals surface area contributed by atoms with Crippen LogP contribution in [0.1, 0.15) is 102 Å². The van der Waals surface area contributed by atoms with E-state index >= 15 is 0 Å². The quantitative estimate of drug-likeness (QED) is 0.150. The highest BCUT2D eigenvalue weighted by Gasteiger charge is 2.51. The number of ether oxygens (including phenoxy) is 2. The molecular formula is C53H60N3O2+. The van der Waals surface area contributed by atoms with Crippen LogP contribution in [0.25, 0.3) is 0 Å². The van der Waals surface area contributed by atoms with Crippen molar-refractivity contribution in [3.05, 3.63) is 155 Å². The monoisotopic (exact) mass is 770 g/mol. The molecule has 2 aliphatic heterocycles. The Kier molecular flexibility index (Phi) is 10.7. The van der Waals surface area contributed by atoms with Gasteiger partial charge in [0.05, 0.1) is 25.3 Å². The third-order valence-electron chi connectivity index (χ3n) is 14.0. The number of rotatable bonds is 10. The zero-order chi connectivity index (χ0) is 39.7. The Hall–Kier alpha value is -5.29. The van der Waals surface area contributed by atoms with Crippen molar-refractivity contribution in [1.29, 1.82) is 0 Å². The molecular weight excluding hydrogens is 711 g/mol. The van der Waals surface area contributed by atoms with Crippen molar-refractivity contribution in [2.45, 2.75) is 102 Å². The minimum absolute atomic E-state index is 0.00762. The van der Waals surface area contributed by atoms with Crippen molar-refractivity contribution in [3.8, 4) is 11.5 Å². The van der Waals surface area contributed by atoms with Crippen molar-refractivity contribution < 1.29 is 14.0 Å². The van der Waals surface area contributed by atoms with E-state index in [9.17, 15) is 0 Å². The minimum Gasteiger partial charge on any atom is -0.497 e. The van der Waals surface area contributed by atoms with Gasteiger partial charge in [0, 0.05) is 52.4 Å². The molecule has 5 heteroatoms. The molecule has 0 bridgehead atoms. The van der Waals surface area contributed by atoms with E-state index in [4.69, 9.17) is 9.47 Å². The summed E-state index contributed by atoms with van der Waals surface area (Å²) in [5.41, 5.74) is 15.0. The van der Waals surface area contributed by atoms with Gasteiger partial charge in [-0.2, -0.15) is 4.58 Å². The largest absolute Gasteiger partial charge is 0.497 e. The van der Waals surface area contributed by atoms with Crippen molar-refractivity contribution in [1.82, 2.24) is 0 Å². The predicted octanol–water partition coefficient (Wildman–Crippen LogP) is 13.0. The number of para-hydroxylation sites is 2. The summed E-state index contributed by atoms with van der Waals surface area (Å²) in [7, 11) is 3.59. The topological polar surface area (TPSA) is 27.9 Å². The number of nitrogens with zero attached hydrogens (tertiary/aromatic N) is 3. The zero-order valence-electron chi connectivity index (χ0n) is 35.1. The number of anilines is 3. The van der Waals surface area contributed by atoms with Gasteiger partial charge in [-0.25, -0.2) is 0 Å². The number of fused-ring (bicyclic) bond motifs is 4. The fourth-order valence-electron chi connectivity index (χ4n) is 11.4. The lowest BCUT2D eigenvalue weighted by Gasteiger charge is -2.37. The highest BCUT2D eigenvalue weighted by molar-refractivity contribution is 6.04. The second kappa shape index (κ2) is 16.2. The van der Waals surface area contributed by atoms with Gasteiger partial charge in [-0.3, -0.25) is 0 Å².